The third-order valence-corrected chi connectivity index (χ3v) is 4.86. The third-order valence-electron chi connectivity index (χ3n) is 4.86. The molecule has 2 aliphatic rings. The van der Waals surface area contributed by atoms with Crippen LogP contribution in [0.25, 0.3) is 10.9 Å². The molecule has 3 heterocycles. The molecular formula is C16H19N3O. The van der Waals surface area contributed by atoms with E-state index >= 15 is 0 Å². The normalized spacial score (nSPS) is 25.4. The lowest BCUT2D eigenvalue weighted by molar-refractivity contribution is 0.533. The Balaban J connectivity index is 1.84. The average Bonchev–Trinajstić information content (AvgIpc) is 3.04. The lowest BCUT2D eigenvalue weighted by Crippen LogP contribution is -2.28. The number of benzene rings is 1. The summed E-state index contributed by atoms with van der Waals surface area (Å²) in [5.41, 5.74) is 2.21. The number of nitrogens with one attached hydrogen (secondary N) is 1. The first kappa shape index (κ1) is 12.0. The molecule has 0 spiro atoms. The van der Waals surface area contributed by atoms with Crippen molar-refractivity contribution in [3.8, 4) is 0 Å². The molecule has 104 valence electrons. The van der Waals surface area contributed by atoms with Gasteiger partial charge in [-0.3, -0.25) is 4.79 Å². The van der Waals surface area contributed by atoms with Gasteiger partial charge in [0.05, 0.1) is 11.2 Å². The molecule has 2 atom stereocenters. The van der Waals surface area contributed by atoms with E-state index in [-0.39, 0.29) is 5.56 Å². The van der Waals surface area contributed by atoms with E-state index in [2.05, 4.69) is 22.3 Å². The van der Waals surface area contributed by atoms with E-state index in [1.165, 1.54) is 5.39 Å². The maximum Gasteiger partial charge on any atom is 0.252 e. The van der Waals surface area contributed by atoms with Gasteiger partial charge in [0.15, 0.2) is 0 Å². The van der Waals surface area contributed by atoms with E-state index < -0.39 is 0 Å². The van der Waals surface area contributed by atoms with E-state index in [0.29, 0.717) is 0 Å². The molecule has 1 aromatic heterocycles. The molecule has 2 aromatic rings. The highest BCUT2D eigenvalue weighted by molar-refractivity contribution is 5.92. The minimum absolute atomic E-state index is 0.0777. The Kier molecular flexibility index (Phi) is 2.60. The molecule has 1 N–H and O–H groups in total. The Morgan fingerprint density at radius 1 is 1.15 bits per heavy atom. The number of aryl methyl sites for hydroxylation is 1. The van der Waals surface area contributed by atoms with Crippen molar-refractivity contribution in [3.05, 3.63) is 40.7 Å². The zero-order valence-electron chi connectivity index (χ0n) is 11.7. The van der Waals surface area contributed by atoms with Crippen LogP contribution >= 0.6 is 0 Å². The van der Waals surface area contributed by atoms with Gasteiger partial charge in [0, 0.05) is 44.7 Å². The summed E-state index contributed by atoms with van der Waals surface area (Å²) >= 11 is 0. The van der Waals surface area contributed by atoms with Crippen molar-refractivity contribution in [3.63, 3.8) is 0 Å². The highest BCUT2D eigenvalue weighted by Gasteiger charge is 2.36. The summed E-state index contributed by atoms with van der Waals surface area (Å²) < 4.78 is 1.73. The first-order valence-corrected chi connectivity index (χ1v) is 7.28. The van der Waals surface area contributed by atoms with Gasteiger partial charge in [0.1, 0.15) is 0 Å². The Labute approximate surface area is 118 Å². The van der Waals surface area contributed by atoms with Crippen LogP contribution in [0.4, 0.5) is 5.69 Å². The summed E-state index contributed by atoms with van der Waals surface area (Å²) in [7, 11) is 1.84. The van der Waals surface area contributed by atoms with Crippen molar-refractivity contribution in [2.24, 2.45) is 18.9 Å². The quantitative estimate of drug-likeness (QED) is 0.845. The van der Waals surface area contributed by atoms with Crippen molar-refractivity contribution in [2.75, 3.05) is 31.1 Å². The summed E-state index contributed by atoms with van der Waals surface area (Å²) in [4.78, 5) is 14.6. The minimum atomic E-state index is 0.0777. The maximum absolute atomic E-state index is 12.2. The number of rotatable bonds is 1. The molecule has 4 heteroatoms. The van der Waals surface area contributed by atoms with Crippen molar-refractivity contribution in [1.29, 1.82) is 0 Å². The molecular weight excluding hydrogens is 250 g/mol. The van der Waals surface area contributed by atoms with Crippen LogP contribution in [0.1, 0.15) is 0 Å². The molecule has 0 bridgehead atoms. The SMILES string of the molecule is Cn1c(=O)cc(N2C[C@H]3CNC[C@H]3C2)c2ccccc21. The van der Waals surface area contributed by atoms with Crippen LogP contribution < -0.4 is 15.8 Å². The fourth-order valence-electron chi connectivity index (χ4n) is 3.71. The largest absolute Gasteiger partial charge is 0.370 e. The molecule has 20 heavy (non-hydrogen) atoms. The molecule has 2 saturated heterocycles. The van der Waals surface area contributed by atoms with Crippen molar-refractivity contribution in [2.45, 2.75) is 0 Å². The van der Waals surface area contributed by atoms with Gasteiger partial charge >= 0.3 is 0 Å². The van der Waals surface area contributed by atoms with E-state index in [4.69, 9.17) is 0 Å². The average molecular weight is 269 g/mol. The topological polar surface area (TPSA) is 37.3 Å². The minimum Gasteiger partial charge on any atom is -0.370 e. The van der Waals surface area contributed by atoms with E-state index in [9.17, 15) is 4.79 Å². The van der Waals surface area contributed by atoms with Crippen LogP contribution in [0.3, 0.4) is 0 Å². The Morgan fingerprint density at radius 2 is 1.85 bits per heavy atom. The van der Waals surface area contributed by atoms with Crippen LogP contribution in [0, 0.1) is 11.8 Å². The van der Waals surface area contributed by atoms with Crippen molar-refractivity contribution >= 4 is 16.6 Å². The fourth-order valence-corrected chi connectivity index (χ4v) is 3.71. The smallest absolute Gasteiger partial charge is 0.252 e. The van der Waals surface area contributed by atoms with Gasteiger partial charge in [0.25, 0.3) is 5.56 Å². The van der Waals surface area contributed by atoms with Crippen LogP contribution in [0.5, 0.6) is 0 Å². The monoisotopic (exact) mass is 269 g/mol. The first-order chi connectivity index (χ1) is 9.74. The number of pyridine rings is 1. The molecule has 2 fully saturated rings. The fraction of sp³-hybridized carbons (Fsp3) is 0.438. The van der Waals surface area contributed by atoms with Crippen LogP contribution in [0.15, 0.2) is 35.1 Å². The molecule has 0 aliphatic carbocycles. The van der Waals surface area contributed by atoms with Gasteiger partial charge < -0.3 is 14.8 Å². The summed E-state index contributed by atoms with van der Waals surface area (Å²) in [6.45, 7) is 4.36. The molecule has 2 aliphatic heterocycles. The number of nitrogens with zero attached hydrogens (tertiary/aromatic N) is 2. The predicted molar refractivity (Wildman–Crippen MR) is 81.3 cm³/mol. The highest BCUT2D eigenvalue weighted by Crippen LogP contribution is 2.33. The van der Waals surface area contributed by atoms with Crippen molar-refractivity contribution < 1.29 is 0 Å². The van der Waals surface area contributed by atoms with Gasteiger partial charge in [-0.1, -0.05) is 18.2 Å². The standard InChI is InChI=1S/C16H19N3O/c1-18-14-5-3-2-4-13(14)15(6-16(18)20)19-9-11-7-17-8-12(11)10-19/h2-6,11-12,17H,7-10H2,1H3/t11-,12+. The molecule has 0 amide bonds. The number of hydrogen-bond acceptors (Lipinski definition) is 3. The van der Waals surface area contributed by atoms with Gasteiger partial charge in [0.2, 0.25) is 0 Å². The lowest BCUT2D eigenvalue weighted by Gasteiger charge is -2.22. The lowest BCUT2D eigenvalue weighted by atomic mass is 10.0. The molecule has 0 radical (unpaired) electrons. The summed E-state index contributed by atoms with van der Waals surface area (Å²) in [6.07, 6.45) is 0. The Hall–Kier alpha value is -1.81. The van der Waals surface area contributed by atoms with Gasteiger partial charge in [-0.15, -0.1) is 0 Å². The number of anilines is 1. The predicted octanol–water partition coefficient (Wildman–Crippen LogP) is 1.19. The number of hydrogen-bond donors (Lipinski definition) is 1. The van der Waals surface area contributed by atoms with E-state index in [1.807, 2.05) is 19.2 Å². The van der Waals surface area contributed by atoms with Gasteiger partial charge in [-0.05, 0) is 17.9 Å². The zero-order valence-corrected chi connectivity index (χ0v) is 11.7. The zero-order chi connectivity index (χ0) is 13.7. The van der Waals surface area contributed by atoms with Crippen LogP contribution in [-0.2, 0) is 7.05 Å². The Morgan fingerprint density at radius 3 is 2.60 bits per heavy atom. The Bertz CT molecular complexity index is 709. The third kappa shape index (κ3) is 1.68. The second kappa shape index (κ2) is 4.35. The van der Waals surface area contributed by atoms with E-state index in [1.54, 1.807) is 10.6 Å². The van der Waals surface area contributed by atoms with Crippen molar-refractivity contribution in [1.82, 2.24) is 9.88 Å². The highest BCUT2D eigenvalue weighted by atomic mass is 16.1. The number of fused-ring (bicyclic) bond motifs is 2. The maximum atomic E-state index is 12.2. The molecule has 4 rings (SSSR count). The molecule has 0 unspecified atom stereocenters. The first-order valence-electron chi connectivity index (χ1n) is 7.28. The summed E-state index contributed by atoms with van der Waals surface area (Å²) in [5.74, 6) is 1.47. The summed E-state index contributed by atoms with van der Waals surface area (Å²) in [5, 5.41) is 4.64. The molecule has 1 aromatic carbocycles. The van der Waals surface area contributed by atoms with Gasteiger partial charge in [-0.25, -0.2) is 0 Å². The molecule has 4 nitrogen and oxygen atoms in total. The number of para-hydroxylation sites is 1. The van der Waals surface area contributed by atoms with Crippen LogP contribution in [-0.4, -0.2) is 30.7 Å². The summed E-state index contributed by atoms with van der Waals surface area (Å²) in [6, 6.07) is 9.99. The second-order valence-corrected chi connectivity index (χ2v) is 6.03. The molecule has 0 saturated carbocycles. The second-order valence-electron chi connectivity index (χ2n) is 6.03. The van der Waals surface area contributed by atoms with Crippen LogP contribution in [0.2, 0.25) is 0 Å². The number of aromatic nitrogens is 1. The van der Waals surface area contributed by atoms with Gasteiger partial charge in [-0.2, -0.15) is 0 Å². The van der Waals surface area contributed by atoms with E-state index in [0.717, 1.165) is 49.2 Å².